The predicted octanol–water partition coefficient (Wildman–Crippen LogP) is 4.26. The fourth-order valence-corrected chi connectivity index (χ4v) is 3.00. The van der Waals surface area contributed by atoms with Crippen LogP contribution in [-0.2, 0) is 0 Å². The molecule has 2 aromatic heterocycles. The van der Waals surface area contributed by atoms with Crippen molar-refractivity contribution >= 4 is 33.5 Å². The van der Waals surface area contributed by atoms with Gasteiger partial charge in [0.1, 0.15) is 5.52 Å². The first kappa shape index (κ1) is 18.9. The van der Waals surface area contributed by atoms with Gasteiger partial charge in [-0.3, -0.25) is 9.78 Å². The van der Waals surface area contributed by atoms with Crippen molar-refractivity contribution < 1.29 is 4.79 Å². The highest BCUT2D eigenvalue weighted by Gasteiger charge is 2.06. The Balaban J connectivity index is 0.00000109. The van der Waals surface area contributed by atoms with Crippen molar-refractivity contribution in [1.82, 2.24) is 14.7 Å². The summed E-state index contributed by atoms with van der Waals surface area (Å²) in [4.78, 5) is 16.3. The smallest absolute Gasteiger partial charge is 0.251 e. The van der Waals surface area contributed by atoms with Crippen LogP contribution < -0.4 is 10.6 Å². The number of aromatic nitrogens is 2. The third kappa shape index (κ3) is 5.26. The molecule has 0 saturated carbocycles. The molecule has 2 heterocycles. The van der Waals surface area contributed by atoms with Crippen LogP contribution in [0.4, 0.5) is 5.82 Å². The lowest BCUT2D eigenvalue weighted by atomic mass is 10.1. The first-order valence-corrected chi connectivity index (χ1v) is 9.30. The molecular weight excluding hydrogens is 332 g/mol. The van der Waals surface area contributed by atoms with Gasteiger partial charge < -0.3 is 10.6 Å². The zero-order chi connectivity index (χ0) is 18.1. The average Bonchev–Trinajstić information content (AvgIpc) is 3.06. The van der Waals surface area contributed by atoms with E-state index in [1.807, 2.05) is 57.2 Å². The number of anilines is 1. The van der Waals surface area contributed by atoms with E-state index in [4.69, 9.17) is 0 Å². The van der Waals surface area contributed by atoms with Crippen LogP contribution in [-0.4, -0.2) is 28.4 Å². The third-order valence-corrected chi connectivity index (χ3v) is 4.24. The van der Waals surface area contributed by atoms with Gasteiger partial charge in [-0.2, -0.15) is 4.37 Å². The number of fused-ring (bicyclic) bond motifs is 1. The van der Waals surface area contributed by atoms with Gasteiger partial charge in [-0.1, -0.05) is 31.5 Å². The van der Waals surface area contributed by atoms with E-state index in [2.05, 4.69) is 20.0 Å². The van der Waals surface area contributed by atoms with E-state index in [-0.39, 0.29) is 5.91 Å². The molecule has 6 heteroatoms. The molecule has 3 aromatic rings. The molecule has 0 aliphatic carbocycles. The number of nitrogens with one attached hydrogen (secondary N) is 2. The number of hydrogen-bond donors (Lipinski definition) is 2. The number of pyridine rings is 1. The highest BCUT2D eigenvalue weighted by molar-refractivity contribution is 7.13. The Morgan fingerprint density at radius 1 is 1.16 bits per heavy atom. The third-order valence-electron chi connectivity index (χ3n) is 3.44. The Morgan fingerprint density at radius 3 is 2.80 bits per heavy atom. The summed E-state index contributed by atoms with van der Waals surface area (Å²) in [5.41, 5.74) is 2.69. The van der Waals surface area contributed by atoms with Gasteiger partial charge in [-0.25, -0.2) is 0 Å². The minimum atomic E-state index is -0.0329. The second-order valence-corrected chi connectivity index (χ2v) is 6.09. The topological polar surface area (TPSA) is 66.9 Å². The van der Waals surface area contributed by atoms with Crippen molar-refractivity contribution in [2.45, 2.75) is 27.2 Å². The maximum atomic E-state index is 12.0. The maximum absolute atomic E-state index is 12.0. The summed E-state index contributed by atoms with van der Waals surface area (Å²) in [5, 5.41) is 6.21. The summed E-state index contributed by atoms with van der Waals surface area (Å²) >= 11 is 1.44. The van der Waals surface area contributed by atoms with Crippen LogP contribution in [0.1, 0.15) is 36.2 Å². The van der Waals surface area contributed by atoms with Crippen molar-refractivity contribution in [3.8, 4) is 0 Å². The van der Waals surface area contributed by atoms with E-state index in [1.54, 1.807) is 6.20 Å². The van der Waals surface area contributed by atoms with Crippen LogP contribution in [0.25, 0.3) is 10.2 Å². The fraction of sp³-hybridized carbons (Fsp3) is 0.316. The number of aryl methyl sites for hydroxylation is 1. The molecule has 0 saturated heterocycles. The van der Waals surface area contributed by atoms with Crippen molar-refractivity contribution in [3.05, 3.63) is 53.7 Å². The molecule has 3 rings (SSSR count). The van der Waals surface area contributed by atoms with Crippen LogP contribution in [0, 0.1) is 6.92 Å². The lowest BCUT2D eigenvalue weighted by molar-refractivity contribution is 0.0953. The van der Waals surface area contributed by atoms with Gasteiger partial charge in [0.05, 0.1) is 4.70 Å². The number of carbonyl (C=O) groups excluding carboxylic acids is 1. The van der Waals surface area contributed by atoms with Crippen molar-refractivity contribution in [2.24, 2.45) is 0 Å². The Kier molecular flexibility index (Phi) is 7.35. The zero-order valence-electron chi connectivity index (χ0n) is 14.9. The molecule has 0 aliphatic rings. The molecule has 1 aromatic carbocycles. The van der Waals surface area contributed by atoms with Crippen LogP contribution in [0.5, 0.6) is 0 Å². The summed E-state index contributed by atoms with van der Waals surface area (Å²) in [6.07, 6.45) is 2.59. The molecule has 0 fully saturated rings. The molecule has 0 bridgehead atoms. The first-order valence-electron chi connectivity index (χ1n) is 8.53. The van der Waals surface area contributed by atoms with Gasteiger partial charge in [-0.15, -0.1) is 0 Å². The van der Waals surface area contributed by atoms with Crippen LogP contribution >= 0.6 is 11.5 Å². The number of rotatable bonds is 6. The Morgan fingerprint density at radius 2 is 2.00 bits per heavy atom. The van der Waals surface area contributed by atoms with E-state index in [0.29, 0.717) is 12.1 Å². The average molecular weight is 356 g/mol. The summed E-state index contributed by atoms with van der Waals surface area (Å²) in [5.74, 6) is 0.782. The molecule has 0 atom stereocenters. The van der Waals surface area contributed by atoms with Crippen LogP contribution in [0.2, 0.25) is 0 Å². The minimum absolute atomic E-state index is 0.0329. The lowest BCUT2D eigenvalue weighted by Crippen LogP contribution is -2.25. The largest absolute Gasteiger partial charge is 0.367 e. The molecule has 5 nitrogen and oxygen atoms in total. The van der Waals surface area contributed by atoms with Crippen LogP contribution in [0.15, 0.2) is 42.6 Å². The fourth-order valence-electron chi connectivity index (χ4n) is 2.28. The number of amides is 1. The van der Waals surface area contributed by atoms with Crippen LogP contribution in [0.3, 0.4) is 0 Å². The molecule has 2 N–H and O–H groups in total. The van der Waals surface area contributed by atoms with Gasteiger partial charge in [0.15, 0.2) is 5.82 Å². The normalized spacial score (nSPS) is 10.0. The van der Waals surface area contributed by atoms with Crippen molar-refractivity contribution in [2.75, 3.05) is 18.4 Å². The molecular formula is C19H24N4OS. The van der Waals surface area contributed by atoms with E-state index >= 15 is 0 Å². The molecule has 1 amide bonds. The zero-order valence-corrected chi connectivity index (χ0v) is 15.7. The highest BCUT2D eigenvalue weighted by atomic mass is 32.1. The quantitative estimate of drug-likeness (QED) is 0.648. The standard InChI is InChI=1S/C17H18N4OS.C2H6/c1-12-5-2-6-13(11-12)17(22)20-10-4-9-19-16-15-14(23-21-16)7-3-8-18-15;1-2/h2-3,5-8,11H,4,9-10H2,1H3,(H,19,21)(H,20,22);1-2H3. The van der Waals surface area contributed by atoms with Gasteiger partial charge in [0.25, 0.3) is 5.91 Å². The van der Waals surface area contributed by atoms with Crippen molar-refractivity contribution in [1.29, 1.82) is 0 Å². The van der Waals surface area contributed by atoms with E-state index in [1.165, 1.54) is 11.5 Å². The second-order valence-electron chi connectivity index (χ2n) is 5.29. The van der Waals surface area contributed by atoms with Gasteiger partial charge in [-0.05, 0) is 49.1 Å². The predicted molar refractivity (Wildman–Crippen MR) is 105 cm³/mol. The molecule has 132 valence electrons. The summed E-state index contributed by atoms with van der Waals surface area (Å²) in [6.45, 7) is 7.34. The number of benzene rings is 1. The monoisotopic (exact) mass is 356 g/mol. The van der Waals surface area contributed by atoms with E-state index < -0.39 is 0 Å². The Hall–Kier alpha value is -2.47. The molecule has 0 spiro atoms. The summed E-state index contributed by atoms with van der Waals surface area (Å²) in [7, 11) is 0. The number of nitrogens with zero attached hydrogens (tertiary/aromatic N) is 2. The Labute approximate surface area is 152 Å². The summed E-state index contributed by atoms with van der Waals surface area (Å²) in [6, 6.07) is 11.5. The van der Waals surface area contributed by atoms with Gasteiger partial charge in [0, 0.05) is 24.8 Å². The highest BCUT2D eigenvalue weighted by Crippen LogP contribution is 2.23. The lowest BCUT2D eigenvalue weighted by Gasteiger charge is -2.06. The second kappa shape index (κ2) is 9.74. The molecule has 0 unspecified atom stereocenters. The number of carbonyl (C=O) groups is 1. The first-order chi connectivity index (χ1) is 12.2. The van der Waals surface area contributed by atoms with Crippen molar-refractivity contribution in [3.63, 3.8) is 0 Å². The summed E-state index contributed by atoms with van der Waals surface area (Å²) < 4.78 is 5.44. The maximum Gasteiger partial charge on any atom is 0.251 e. The van der Waals surface area contributed by atoms with E-state index in [9.17, 15) is 4.79 Å². The van der Waals surface area contributed by atoms with E-state index in [0.717, 1.165) is 34.6 Å². The molecule has 0 aliphatic heterocycles. The number of hydrogen-bond acceptors (Lipinski definition) is 5. The van der Waals surface area contributed by atoms with Gasteiger partial charge in [0.2, 0.25) is 0 Å². The van der Waals surface area contributed by atoms with Gasteiger partial charge >= 0.3 is 0 Å². The minimum Gasteiger partial charge on any atom is -0.367 e. The molecule has 25 heavy (non-hydrogen) atoms. The SMILES string of the molecule is CC.Cc1cccc(C(=O)NCCCNc2nsc3cccnc23)c1. The Bertz CT molecular complexity index is 816. The molecule has 0 radical (unpaired) electrons.